The first kappa shape index (κ1) is 14.3. The van der Waals surface area contributed by atoms with E-state index in [0.29, 0.717) is 17.7 Å². The van der Waals surface area contributed by atoms with Crippen molar-refractivity contribution in [3.05, 3.63) is 28.9 Å². The average molecular weight is 295 g/mol. The molecule has 0 unspecified atom stereocenters. The maximum atomic E-state index is 13.7. The van der Waals surface area contributed by atoms with E-state index in [4.69, 9.17) is 11.5 Å². The quantitative estimate of drug-likeness (QED) is 0.731. The molecular formula is C13H14FN3O2S. The highest BCUT2D eigenvalue weighted by Crippen LogP contribution is 2.35. The SMILES string of the molecule is NC(=O)CCCNC(=O)c1sc2cccc(F)c2c1N. The van der Waals surface area contributed by atoms with Crippen LogP contribution in [0.1, 0.15) is 22.5 Å². The van der Waals surface area contributed by atoms with Crippen molar-refractivity contribution in [2.45, 2.75) is 12.8 Å². The third-order valence-electron chi connectivity index (χ3n) is 2.79. The van der Waals surface area contributed by atoms with Gasteiger partial charge in [0, 0.05) is 17.7 Å². The number of thiophene rings is 1. The molecule has 7 heteroatoms. The molecule has 20 heavy (non-hydrogen) atoms. The molecule has 5 N–H and O–H groups in total. The zero-order valence-corrected chi connectivity index (χ0v) is 11.4. The average Bonchev–Trinajstić information content (AvgIpc) is 2.73. The number of fused-ring (bicyclic) bond motifs is 1. The van der Waals surface area contributed by atoms with Crippen molar-refractivity contribution in [3.63, 3.8) is 0 Å². The molecule has 1 heterocycles. The number of hydrogen-bond acceptors (Lipinski definition) is 4. The molecule has 0 saturated carbocycles. The fraction of sp³-hybridized carbons (Fsp3) is 0.231. The highest BCUT2D eigenvalue weighted by Gasteiger charge is 2.18. The van der Waals surface area contributed by atoms with Crippen molar-refractivity contribution in [3.8, 4) is 0 Å². The van der Waals surface area contributed by atoms with E-state index in [9.17, 15) is 14.0 Å². The number of rotatable bonds is 5. The van der Waals surface area contributed by atoms with Crippen molar-refractivity contribution in [2.24, 2.45) is 5.73 Å². The summed E-state index contributed by atoms with van der Waals surface area (Å²) >= 11 is 1.14. The van der Waals surface area contributed by atoms with E-state index in [1.54, 1.807) is 12.1 Å². The fourth-order valence-electron chi connectivity index (χ4n) is 1.84. The summed E-state index contributed by atoms with van der Waals surface area (Å²) in [5.41, 5.74) is 11.0. The monoisotopic (exact) mass is 295 g/mol. The van der Waals surface area contributed by atoms with Gasteiger partial charge in [0.25, 0.3) is 5.91 Å². The Labute approximate surface area is 118 Å². The summed E-state index contributed by atoms with van der Waals surface area (Å²) in [6.07, 6.45) is 0.664. The predicted octanol–water partition coefficient (Wildman–Crippen LogP) is 1.62. The van der Waals surface area contributed by atoms with Gasteiger partial charge < -0.3 is 16.8 Å². The molecule has 5 nitrogen and oxygen atoms in total. The maximum Gasteiger partial charge on any atom is 0.263 e. The molecule has 2 aromatic rings. The summed E-state index contributed by atoms with van der Waals surface area (Å²) in [6, 6.07) is 4.59. The van der Waals surface area contributed by atoms with Gasteiger partial charge in [0.2, 0.25) is 5.91 Å². The first-order chi connectivity index (χ1) is 9.50. The summed E-state index contributed by atoms with van der Waals surface area (Å²) in [5, 5.41) is 2.91. The molecule has 2 amide bonds. The van der Waals surface area contributed by atoms with Gasteiger partial charge in [0.05, 0.1) is 11.1 Å². The lowest BCUT2D eigenvalue weighted by molar-refractivity contribution is -0.118. The molecule has 2 rings (SSSR count). The van der Waals surface area contributed by atoms with Gasteiger partial charge in [-0.1, -0.05) is 6.07 Å². The van der Waals surface area contributed by atoms with Crippen LogP contribution < -0.4 is 16.8 Å². The number of nitrogen functional groups attached to an aromatic ring is 1. The van der Waals surface area contributed by atoms with Crippen LogP contribution >= 0.6 is 11.3 Å². The van der Waals surface area contributed by atoms with E-state index in [1.165, 1.54) is 6.07 Å². The molecule has 1 aromatic heterocycles. The van der Waals surface area contributed by atoms with Gasteiger partial charge in [-0.25, -0.2) is 4.39 Å². The summed E-state index contributed by atoms with van der Waals surface area (Å²) < 4.78 is 14.3. The Morgan fingerprint density at radius 3 is 2.75 bits per heavy atom. The minimum atomic E-state index is -0.441. The van der Waals surface area contributed by atoms with E-state index in [1.807, 2.05) is 0 Å². The first-order valence-corrected chi connectivity index (χ1v) is 6.85. The number of amides is 2. The van der Waals surface area contributed by atoms with Gasteiger partial charge in [-0.15, -0.1) is 11.3 Å². The lowest BCUT2D eigenvalue weighted by Crippen LogP contribution is -2.25. The van der Waals surface area contributed by atoms with Crippen LogP contribution in [0.15, 0.2) is 18.2 Å². The summed E-state index contributed by atoms with van der Waals surface area (Å²) in [6.45, 7) is 0.317. The molecule has 0 radical (unpaired) electrons. The zero-order chi connectivity index (χ0) is 14.7. The zero-order valence-electron chi connectivity index (χ0n) is 10.6. The number of hydrogen-bond donors (Lipinski definition) is 3. The highest BCUT2D eigenvalue weighted by atomic mass is 32.1. The lowest BCUT2D eigenvalue weighted by atomic mass is 10.2. The van der Waals surface area contributed by atoms with E-state index >= 15 is 0 Å². The van der Waals surface area contributed by atoms with E-state index in [2.05, 4.69) is 5.32 Å². The molecule has 0 aliphatic carbocycles. The molecule has 0 fully saturated rings. The second-order valence-corrected chi connectivity index (χ2v) is 5.34. The second-order valence-electron chi connectivity index (χ2n) is 4.28. The standard InChI is InChI=1S/C13H14FN3O2S/c14-7-3-1-4-8-10(7)11(16)12(20-8)13(19)17-6-2-5-9(15)18/h1,3-4H,2,5-6,16H2,(H2,15,18)(H,17,19). The summed E-state index contributed by atoms with van der Waals surface area (Å²) in [4.78, 5) is 22.8. The maximum absolute atomic E-state index is 13.7. The number of benzene rings is 1. The van der Waals surface area contributed by atoms with Crippen LogP contribution in [0.5, 0.6) is 0 Å². The van der Waals surface area contributed by atoms with Crippen molar-refractivity contribution < 1.29 is 14.0 Å². The highest BCUT2D eigenvalue weighted by molar-refractivity contribution is 7.21. The molecule has 0 atom stereocenters. The Morgan fingerprint density at radius 1 is 1.35 bits per heavy atom. The van der Waals surface area contributed by atoms with Crippen molar-refractivity contribution in [1.29, 1.82) is 0 Å². The van der Waals surface area contributed by atoms with Crippen LogP contribution in [-0.4, -0.2) is 18.4 Å². The summed E-state index contributed by atoms with van der Waals surface area (Å²) in [7, 11) is 0. The van der Waals surface area contributed by atoms with Gasteiger partial charge in [0.1, 0.15) is 10.7 Å². The van der Waals surface area contributed by atoms with Gasteiger partial charge in [-0.3, -0.25) is 9.59 Å². The minimum absolute atomic E-state index is 0.149. The molecule has 0 saturated heterocycles. The number of anilines is 1. The van der Waals surface area contributed by atoms with E-state index in [-0.39, 0.29) is 28.3 Å². The Hall–Kier alpha value is -2.15. The van der Waals surface area contributed by atoms with Crippen LogP contribution in [0.3, 0.4) is 0 Å². The third kappa shape index (κ3) is 2.88. The smallest absolute Gasteiger partial charge is 0.263 e. The van der Waals surface area contributed by atoms with Crippen molar-refractivity contribution in [1.82, 2.24) is 5.32 Å². The van der Waals surface area contributed by atoms with Crippen molar-refractivity contribution in [2.75, 3.05) is 12.3 Å². The van der Waals surface area contributed by atoms with Crippen LogP contribution in [0.25, 0.3) is 10.1 Å². The Morgan fingerprint density at radius 2 is 2.10 bits per heavy atom. The Kier molecular flexibility index (Phi) is 4.19. The molecule has 1 aromatic carbocycles. The minimum Gasteiger partial charge on any atom is -0.397 e. The molecule has 0 spiro atoms. The van der Waals surface area contributed by atoms with E-state index in [0.717, 1.165) is 11.3 Å². The number of halogens is 1. The number of nitrogens with one attached hydrogen (secondary N) is 1. The summed E-state index contributed by atoms with van der Waals surface area (Å²) in [5.74, 6) is -1.22. The van der Waals surface area contributed by atoms with Crippen LogP contribution in [0.2, 0.25) is 0 Å². The first-order valence-electron chi connectivity index (χ1n) is 6.03. The Balaban J connectivity index is 2.13. The normalized spacial score (nSPS) is 10.7. The molecule has 0 aliphatic rings. The molecule has 106 valence electrons. The number of carbonyl (C=O) groups is 2. The fourth-order valence-corrected chi connectivity index (χ4v) is 2.90. The van der Waals surface area contributed by atoms with Crippen LogP contribution in [0, 0.1) is 5.82 Å². The topological polar surface area (TPSA) is 98.2 Å². The number of nitrogens with two attached hydrogens (primary N) is 2. The predicted molar refractivity (Wildman–Crippen MR) is 77.0 cm³/mol. The molecular weight excluding hydrogens is 281 g/mol. The van der Waals surface area contributed by atoms with E-state index < -0.39 is 11.7 Å². The van der Waals surface area contributed by atoms with Gasteiger partial charge in [-0.2, -0.15) is 0 Å². The van der Waals surface area contributed by atoms with Crippen LogP contribution in [-0.2, 0) is 4.79 Å². The number of primary amides is 1. The number of carbonyl (C=O) groups excluding carboxylic acids is 2. The van der Waals surface area contributed by atoms with Crippen molar-refractivity contribution >= 4 is 38.9 Å². The molecule has 0 bridgehead atoms. The largest absolute Gasteiger partial charge is 0.397 e. The Bertz CT molecular complexity index is 669. The third-order valence-corrected chi connectivity index (χ3v) is 3.96. The van der Waals surface area contributed by atoms with Crippen LogP contribution in [0.4, 0.5) is 10.1 Å². The lowest BCUT2D eigenvalue weighted by Gasteiger charge is -2.03. The second kappa shape index (κ2) is 5.87. The van der Waals surface area contributed by atoms with Gasteiger partial charge >= 0.3 is 0 Å². The van der Waals surface area contributed by atoms with Gasteiger partial charge in [-0.05, 0) is 18.6 Å². The molecule has 0 aliphatic heterocycles. The van der Waals surface area contributed by atoms with Gasteiger partial charge in [0.15, 0.2) is 0 Å².